The molecule has 8 heteroatoms. The molecule has 0 fully saturated rings. The van der Waals surface area contributed by atoms with Gasteiger partial charge in [0.2, 0.25) is 5.01 Å². The SMILES string of the molecule is O=C(O)c1nc(COC(F)(F)F)cs1. The van der Waals surface area contributed by atoms with Crippen LogP contribution in [0.2, 0.25) is 0 Å². The van der Waals surface area contributed by atoms with E-state index in [1.54, 1.807) is 0 Å². The average molecular weight is 227 g/mol. The molecular weight excluding hydrogens is 223 g/mol. The molecule has 0 saturated heterocycles. The van der Waals surface area contributed by atoms with Crippen molar-refractivity contribution in [1.82, 2.24) is 4.98 Å². The molecule has 0 atom stereocenters. The summed E-state index contributed by atoms with van der Waals surface area (Å²) >= 11 is 0.750. The Morgan fingerprint density at radius 3 is 2.71 bits per heavy atom. The summed E-state index contributed by atoms with van der Waals surface area (Å²) in [6, 6.07) is 0. The van der Waals surface area contributed by atoms with Gasteiger partial charge >= 0.3 is 12.3 Å². The number of ether oxygens (including phenoxy) is 1. The Bertz CT molecular complexity index is 335. The number of aromatic nitrogens is 1. The van der Waals surface area contributed by atoms with Gasteiger partial charge in [-0.3, -0.25) is 4.74 Å². The molecule has 0 radical (unpaired) electrons. The minimum atomic E-state index is -4.73. The molecule has 0 saturated carbocycles. The Morgan fingerprint density at radius 1 is 1.64 bits per heavy atom. The maximum absolute atomic E-state index is 11.5. The van der Waals surface area contributed by atoms with Gasteiger partial charge in [-0.15, -0.1) is 24.5 Å². The summed E-state index contributed by atoms with van der Waals surface area (Å²) < 4.78 is 38.1. The molecule has 0 aliphatic heterocycles. The van der Waals surface area contributed by atoms with Crippen LogP contribution in [0, 0.1) is 0 Å². The Hall–Kier alpha value is -1.15. The van der Waals surface area contributed by atoms with Gasteiger partial charge in [-0.25, -0.2) is 9.78 Å². The van der Waals surface area contributed by atoms with E-state index in [-0.39, 0.29) is 10.7 Å². The first-order valence-corrected chi connectivity index (χ1v) is 4.15. The highest BCUT2D eigenvalue weighted by molar-refractivity contribution is 7.11. The Morgan fingerprint density at radius 2 is 2.29 bits per heavy atom. The van der Waals surface area contributed by atoms with Crippen molar-refractivity contribution in [3.05, 3.63) is 16.1 Å². The Kier molecular flexibility index (Phi) is 3.06. The lowest BCUT2D eigenvalue weighted by atomic mass is 10.5. The van der Waals surface area contributed by atoms with E-state index in [9.17, 15) is 18.0 Å². The van der Waals surface area contributed by atoms with Crippen molar-refractivity contribution in [2.45, 2.75) is 13.0 Å². The average Bonchev–Trinajstić information content (AvgIpc) is 2.47. The molecule has 1 heterocycles. The number of carbonyl (C=O) groups is 1. The number of alkyl halides is 3. The predicted molar refractivity (Wildman–Crippen MR) is 39.9 cm³/mol. The van der Waals surface area contributed by atoms with E-state index in [1.165, 1.54) is 5.38 Å². The smallest absolute Gasteiger partial charge is 0.476 e. The largest absolute Gasteiger partial charge is 0.522 e. The molecule has 0 spiro atoms. The maximum atomic E-state index is 11.5. The van der Waals surface area contributed by atoms with E-state index in [4.69, 9.17) is 5.11 Å². The van der Waals surface area contributed by atoms with Crippen LogP contribution in [0.5, 0.6) is 0 Å². The molecule has 0 amide bonds. The van der Waals surface area contributed by atoms with E-state index in [2.05, 4.69) is 9.72 Å². The monoisotopic (exact) mass is 227 g/mol. The summed E-state index contributed by atoms with van der Waals surface area (Å²) in [5, 5.41) is 9.36. The van der Waals surface area contributed by atoms with Crippen molar-refractivity contribution in [3.63, 3.8) is 0 Å². The summed E-state index contributed by atoms with van der Waals surface area (Å²) in [6.45, 7) is -0.771. The van der Waals surface area contributed by atoms with Crippen molar-refractivity contribution in [1.29, 1.82) is 0 Å². The third-order valence-corrected chi connectivity index (χ3v) is 2.00. The number of thiazole rings is 1. The van der Waals surface area contributed by atoms with E-state index in [1.807, 2.05) is 0 Å². The van der Waals surface area contributed by atoms with E-state index < -0.39 is 18.9 Å². The highest BCUT2D eigenvalue weighted by Crippen LogP contribution is 2.19. The second-order valence-electron chi connectivity index (χ2n) is 2.18. The highest BCUT2D eigenvalue weighted by Gasteiger charge is 2.29. The molecule has 0 bridgehead atoms. The first-order chi connectivity index (χ1) is 6.38. The lowest BCUT2D eigenvalue weighted by molar-refractivity contribution is -0.330. The van der Waals surface area contributed by atoms with Crippen LogP contribution in [0.3, 0.4) is 0 Å². The van der Waals surface area contributed by atoms with E-state index >= 15 is 0 Å². The Balaban J connectivity index is 2.56. The highest BCUT2D eigenvalue weighted by atomic mass is 32.1. The summed E-state index contributed by atoms with van der Waals surface area (Å²) in [4.78, 5) is 13.7. The normalized spacial score (nSPS) is 11.6. The minimum Gasteiger partial charge on any atom is -0.476 e. The number of carboxylic acid groups (broad SMARTS) is 1. The van der Waals surface area contributed by atoms with Crippen LogP contribution < -0.4 is 0 Å². The lowest BCUT2D eigenvalue weighted by Gasteiger charge is -2.04. The number of hydrogen-bond donors (Lipinski definition) is 1. The van der Waals surface area contributed by atoms with Gasteiger partial charge in [0.1, 0.15) is 0 Å². The quantitative estimate of drug-likeness (QED) is 0.856. The molecular formula is C6H4F3NO3S. The topological polar surface area (TPSA) is 59.4 Å². The van der Waals surface area contributed by atoms with E-state index in [0.717, 1.165) is 11.3 Å². The second-order valence-corrected chi connectivity index (χ2v) is 3.04. The predicted octanol–water partition coefficient (Wildman–Crippen LogP) is 1.88. The number of hydrogen-bond acceptors (Lipinski definition) is 4. The zero-order valence-corrected chi connectivity index (χ0v) is 7.35. The number of rotatable bonds is 3. The third kappa shape index (κ3) is 3.30. The molecule has 4 nitrogen and oxygen atoms in total. The zero-order chi connectivity index (χ0) is 10.8. The first kappa shape index (κ1) is 10.9. The fourth-order valence-corrected chi connectivity index (χ4v) is 1.27. The third-order valence-electron chi connectivity index (χ3n) is 1.12. The van der Waals surface area contributed by atoms with Gasteiger partial charge in [-0.2, -0.15) is 0 Å². The molecule has 78 valence electrons. The zero-order valence-electron chi connectivity index (χ0n) is 6.54. The number of carboxylic acids is 1. The van der Waals surface area contributed by atoms with E-state index in [0.29, 0.717) is 0 Å². The lowest BCUT2D eigenvalue weighted by Crippen LogP contribution is -2.13. The van der Waals surface area contributed by atoms with Crippen molar-refractivity contribution in [3.8, 4) is 0 Å². The fourth-order valence-electron chi connectivity index (χ4n) is 0.627. The summed E-state index contributed by atoms with van der Waals surface area (Å²) in [5.74, 6) is -1.27. The van der Waals surface area contributed by atoms with Crippen LogP contribution in [0.25, 0.3) is 0 Å². The van der Waals surface area contributed by atoms with Crippen LogP contribution in [0.1, 0.15) is 15.5 Å². The fraction of sp³-hybridized carbons (Fsp3) is 0.333. The van der Waals surface area contributed by atoms with Crippen LogP contribution in [0.15, 0.2) is 5.38 Å². The summed E-state index contributed by atoms with van der Waals surface area (Å²) in [5.41, 5.74) is -0.0512. The molecule has 1 rings (SSSR count). The molecule has 0 aromatic carbocycles. The molecule has 0 unspecified atom stereocenters. The molecule has 14 heavy (non-hydrogen) atoms. The Labute approximate surface area is 80.0 Å². The number of halogens is 3. The van der Waals surface area contributed by atoms with Gasteiger partial charge in [0, 0.05) is 5.38 Å². The van der Waals surface area contributed by atoms with Gasteiger partial charge in [0.05, 0.1) is 12.3 Å². The van der Waals surface area contributed by atoms with Crippen LogP contribution >= 0.6 is 11.3 Å². The molecule has 1 aromatic rings. The standard InChI is InChI=1S/C6H4F3NO3S/c7-6(8,9)13-1-3-2-14-4(10-3)5(11)12/h2H,1H2,(H,11,12). The molecule has 1 aromatic heterocycles. The summed E-state index contributed by atoms with van der Waals surface area (Å²) in [7, 11) is 0. The molecule has 0 aliphatic rings. The minimum absolute atomic E-state index is 0.0512. The van der Waals surface area contributed by atoms with Gasteiger partial charge in [-0.1, -0.05) is 0 Å². The number of aromatic carboxylic acids is 1. The van der Waals surface area contributed by atoms with Crippen LogP contribution in [-0.2, 0) is 11.3 Å². The first-order valence-electron chi connectivity index (χ1n) is 3.27. The van der Waals surface area contributed by atoms with Crippen molar-refractivity contribution in [2.75, 3.05) is 0 Å². The second kappa shape index (κ2) is 3.93. The van der Waals surface area contributed by atoms with Gasteiger partial charge in [0.15, 0.2) is 0 Å². The van der Waals surface area contributed by atoms with Gasteiger partial charge in [-0.05, 0) is 0 Å². The number of nitrogens with zero attached hydrogens (tertiary/aromatic N) is 1. The van der Waals surface area contributed by atoms with Crippen molar-refractivity contribution >= 4 is 17.3 Å². The molecule has 1 N–H and O–H groups in total. The van der Waals surface area contributed by atoms with Gasteiger partial charge in [0.25, 0.3) is 0 Å². The van der Waals surface area contributed by atoms with Crippen LogP contribution in [-0.4, -0.2) is 22.4 Å². The summed E-state index contributed by atoms with van der Waals surface area (Å²) in [6.07, 6.45) is -4.73. The maximum Gasteiger partial charge on any atom is 0.522 e. The molecule has 0 aliphatic carbocycles. The van der Waals surface area contributed by atoms with Crippen molar-refractivity contribution < 1.29 is 27.8 Å². The van der Waals surface area contributed by atoms with Gasteiger partial charge < -0.3 is 5.11 Å². The van der Waals surface area contributed by atoms with Crippen LogP contribution in [0.4, 0.5) is 13.2 Å². The van der Waals surface area contributed by atoms with Crippen molar-refractivity contribution in [2.24, 2.45) is 0 Å².